The second-order valence-electron chi connectivity index (χ2n) is 7.58. The summed E-state index contributed by atoms with van der Waals surface area (Å²) in [5.74, 6) is 0.401. The van der Waals surface area contributed by atoms with E-state index in [0.717, 1.165) is 23.8 Å². The minimum absolute atomic E-state index is 0.314. The van der Waals surface area contributed by atoms with Crippen LogP contribution in [0.15, 0.2) is 39.9 Å². The third-order valence-electron chi connectivity index (χ3n) is 5.47. The number of aromatic nitrogens is 4. The average Bonchev–Trinajstić information content (AvgIpc) is 3.13. The fraction of sp³-hybridized carbons (Fsp3) is 0.500. The van der Waals surface area contributed by atoms with E-state index in [1.165, 1.54) is 30.9 Å². The van der Waals surface area contributed by atoms with Crippen LogP contribution in [0.2, 0.25) is 0 Å². The summed E-state index contributed by atoms with van der Waals surface area (Å²) < 4.78 is 4.27. The first-order valence-electron chi connectivity index (χ1n) is 10.4. The molecule has 7 heteroatoms. The van der Waals surface area contributed by atoms with Crippen molar-refractivity contribution in [3.63, 3.8) is 0 Å². The van der Waals surface area contributed by atoms with E-state index in [1.807, 2.05) is 30.3 Å². The number of unbranched alkanes of at least 4 members (excludes halogenated alkanes) is 5. The molecule has 0 amide bonds. The molecule has 1 aromatic carbocycles. The Hall–Kier alpha value is -2.67. The minimum atomic E-state index is -0.969. The van der Waals surface area contributed by atoms with E-state index in [0.29, 0.717) is 29.1 Å². The molecule has 1 atom stereocenters. The molecule has 156 valence electrons. The summed E-state index contributed by atoms with van der Waals surface area (Å²) >= 11 is 0. The van der Waals surface area contributed by atoms with Gasteiger partial charge in [-0.3, -0.25) is 13.9 Å². The molecule has 0 fully saturated rings. The smallest absolute Gasteiger partial charge is 0.332 e. The molecule has 0 aliphatic rings. The lowest BCUT2D eigenvalue weighted by molar-refractivity contribution is 0.204. The summed E-state index contributed by atoms with van der Waals surface area (Å²) in [4.78, 5) is 29.8. The zero-order valence-corrected chi connectivity index (χ0v) is 17.5. The molecule has 3 rings (SSSR count). The van der Waals surface area contributed by atoms with Gasteiger partial charge in [-0.25, -0.2) is 9.78 Å². The fourth-order valence-corrected chi connectivity index (χ4v) is 3.73. The highest BCUT2D eigenvalue weighted by Gasteiger charge is 2.24. The first kappa shape index (κ1) is 21.0. The summed E-state index contributed by atoms with van der Waals surface area (Å²) in [6, 6.07) is 9.25. The van der Waals surface area contributed by atoms with Crippen LogP contribution in [0.5, 0.6) is 0 Å². The zero-order chi connectivity index (χ0) is 21.0. The van der Waals surface area contributed by atoms with Gasteiger partial charge in [0.25, 0.3) is 5.56 Å². The Kier molecular flexibility index (Phi) is 6.69. The highest BCUT2D eigenvalue weighted by molar-refractivity contribution is 5.71. The van der Waals surface area contributed by atoms with Gasteiger partial charge in [0, 0.05) is 20.6 Å². The molecule has 2 heterocycles. The monoisotopic (exact) mass is 398 g/mol. The quantitative estimate of drug-likeness (QED) is 0.562. The predicted molar refractivity (Wildman–Crippen MR) is 114 cm³/mol. The van der Waals surface area contributed by atoms with E-state index < -0.39 is 11.8 Å². The number of aliphatic hydroxyl groups is 1. The fourth-order valence-electron chi connectivity index (χ4n) is 3.73. The third kappa shape index (κ3) is 4.19. The van der Waals surface area contributed by atoms with Crippen molar-refractivity contribution in [3.8, 4) is 0 Å². The zero-order valence-electron chi connectivity index (χ0n) is 17.5. The molecule has 0 aliphatic carbocycles. The van der Waals surface area contributed by atoms with Crippen LogP contribution in [0.25, 0.3) is 11.2 Å². The van der Waals surface area contributed by atoms with Gasteiger partial charge in [-0.2, -0.15) is 0 Å². The SMILES string of the molecule is CCCCCCCCn1c([C@H](O)c2ccccc2)nc2c1c(=O)n(C)c(=O)n2C. The van der Waals surface area contributed by atoms with Gasteiger partial charge >= 0.3 is 5.69 Å². The second-order valence-corrected chi connectivity index (χ2v) is 7.58. The summed E-state index contributed by atoms with van der Waals surface area (Å²) in [6.45, 7) is 2.77. The molecule has 0 unspecified atom stereocenters. The van der Waals surface area contributed by atoms with Crippen molar-refractivity contribution in [1.82, 2.24) is 18.7 Å². The number of aryl methyl sites for hydroxylation is 2. The van der Waals surface area contributed by atoms with Gasteiger partial charge in [0.2, 0.25) is 0 Å². The van der Waals surface area contributed by atoms with Crippen molar-refractivity contribution < 1.29 is 5.11 Å². The predicted octanol–water partition coefficient (Wildman–Crippen LogP) is 2.88. The van der Waals surface area contributed by atoms with Gasteiger partial charge in [0.1, 0.15) is 11.9 Å². The van der Waals surface area contributed by atoms with Crippen molar-refractivity contribution in [3.05, 3.63) is 62.6 Å². The highest BCUT2D eigenvalue weighted by atomic mass is 16.3. The molecule has 0 radical (unpaired) electrons. The first-order chi connectivity index (χ1) is 14.0. The number of aliphatic hydroxyl groups excluding tert-OH is 1. The third-order valence-corrected chi connectivity index (χ3v) is 5.47. The van der Waals surface area contributed by atoms with Crippen molar-refractivity contribution in [2.75, 3.05) is 0 Å². The molecule has 2 aromatic heterocycles. The number of rotatable bonds is 9. The summed E-state index contributed by atoms with van der Waals surface area (Å²) in [6.07, 6.45) is 5.74. The molecule has 29 heavy (non-hydrogen) atoms. The number of fused-ring (bicyclic) bond motifs is 1. The Morgan fingerprint density at radius 1 is 0.966 bits per heavy atom. The van der Waals surface area contributed by atoms with Crippen LogP contribution < -0.4 is 11.2 Å². The van der Waals surface area contributed by atoms with E-state index in [9.17, 15) is 14.7 Å². The maximum absolute atomic E-state index is 12.9. The molecule has 3 aromatic rings. The maximum atomic E-state index is 12.9. The van der Waals surface area contributed by atoms with Crippen LogP contribution in [0.3, 0.4) is 0 Å². The lowest BCUT2D eigenvalue weighted by Crippen LogP contribution is -2.37. The van der Waals surface area contributed by atoms with Gasteiger partial charge in [0.15, 0.2) is 11.2 Å². The lowest BCUT2D eigenvalue weighted by Gasteiger charge is -2.14. The van der Waals surface area contributed by atoms with Crippen LogP contribution in [-0.4, -0.2) is 23.8 Å². The van der Waals surface area contributed by atoms with Gasteiger partial charge in [-0.15, -0.1) is 0 Å². The van der Waals surface area contributed by atoms with E-state index >= 15 is 0 Å². The topological polar surface area (TPSA) is 82.1 Å². The van der Waals surface area contributed by atoms with Crippen LogP contribution in [0, 0.1) is 0 Å². The van der Waals surface area contributed by atoms with E-state index in [-0.39, 0.29) is 5.56 Å². The number of benzene rings is 1. The summed E-state index contributed by atoms with van der Waals surface area (Å²) in [5.41, 5.74) is 0.580. The molecule has 7 nitrogen and oxygen atoms in total. The molecule has 1 N–H and O–H groups in total. The van der Waals surface area contributed by atoms with Gasteiger partial charge in [-0.05, 0) is 12.0 Å². The first-order valence-corrected chi connectivity index (χ1v) is 10.4. The van der Waals surface area contributed by atoms with Gasteiger partial charge in [-0.1, -0.05) is 69.4 Å². The molecule has 0 aliphatic heterocycles. The molecular weight excluding hydrogens is 368 g/mol. The van der Waals surface area contributed by atoms with Crippen molar-refractivity contribution in [2.45, 2.75) is 58.1 Å². The average molecular weight is 399 g/mol. The number of hydrogen-bond acceptors (Lipinski definition) is 4. The molecule has 0 saturated carbocycles. The van der Waals surface area contributed by atoms with Crippen LogP contribution in [0.1, 0.15) is 62.9 Å². The number of hydrogen-bond donors (Lipinski definition) is 1. The Morgan fingerprint density at radius 2 is 1.62 bits per heavy atom. The standard InChI is InChI=1S/C22H30N4O3/c1-4-5-6-7-8-12-15-26-17-19(24(2)22(29)25(3)21(17)28)23-20(26)18(27)16-13-10-9-11-14-16/h9-11,13-14,18,27H,4-8,12,15H2,1-3H3/t18-/m1/s1. The largest absolute Gasteiger partial charge is 0.380 e. The van der Waals surface area contributed by atoms with Crippen LogP contribution in [-0.2, 0) is 20.6 Å². The Balaban J connectivity index is 2.04. The Labute approximate surface area is 170 Å². The van der Waals surface area contributed by atoms with Crippen molar-refractivity contribution >= 4 is 11.2 Å². The maximum Gasteiger partial charge on any atom is 0.332 e. The van der Waals surface area contributed by atoms with E-state index in [2.05, 4.69) is 11.9 Å². The van der Waals surface area contributed by atoms with E-state index in [4.69, 9.17) is 0 Å². The van der Waals surface area contributed by atoms with Crippen LogP contribution >= 0.6 is 0 Å². The van der Waals surface area contributed by atoms with Crippen molar-refractivity contribution in [1.29, 1.82) is 0 Å². The number of imidazole rings is 1. The van der Waals surface area contributed by atoms with Crippen LogP contribution in [0.4, 0.5) is 0 Å². The lowest BCUT2D eigenvalue weighted by atomic mass is 10.1. The van der Waals surface area contributed by atoms with Crippen molar-refractivity contribution in [2.24, 2.45) is 14.1 Å². The number of nitrogens with zero attached hydrogens (tertiary/aromatic N) is 4. The Bertz CT molecular complexity index is 1080. The summed E-state index contributed by atoms with van der Waals surface area (Å²) in [5, 5.41) is 11.0. The van der Waals surface area contributed by atoms with Gasteiger partial charge < -0.3 is 9.67 Å². The van der Waals surface area contributed by atoms with Gasteiger partial charge in [0.05, 0.1) is 0 Å². The molecule has 0 saturated heterocycles. The highest BCUT2D eigenvalue weighted by Crippen LogP contribution is 2.24. The summed E-state index contributed by atoms with van der Waals surface area (Å²) in [7, 11) is 3.07. The molecular formula is C22H30N4O3. The van der Waals surface area contributed by atoms with E-state index in [1.54, 1.807) is 11.6 Å². The molecule has 0 bridgehead atoms. The Morgan fingerprint density at radius 3 is 2.31 bits per heavy atom. The normalized spacial score (nSPS) is 12.6. The second kappa shape index (κ2) is 9.22. The minimum Gasteiger partial charge on any atom is -0.380 e. The molecule has 0 spiro atoms.